The monoisotopic (exact) mass is 514 g/mol. The summed E-state index contributed by atoms with van der Waals surface area (Å²) in [5.74, 6) is 1.39. The van der Waals surface area contributed by atoms with E-state index in [4.69, 9.17) is 9.47 Å². The smallest absolute Gasteiger partial charge is 0.243 e. The molecule has 0 radical (unpaired) electrons. The van der Waals surface area contributed by atoms with Gasteiger partial charge in [0.15, 0.2) is 0 Å². The minimum Gasteiger partial charge on any atom is -0.497 e. The van der Waals surface area contributed by atoms with Crippen LogP contribution in [0.5, 0.6) is 11.5 Å². The highest BCUT2D eigenvalue weighted by atomic mass is 16.5. The lowest BCUT2D eigenvalue weighted by Gasteiger charge is -2.32. The molecule has 6 nitrogen and oxygen atoms in total. The van der Waals surface area contributed by atoms with Crippen LogP contribution in [0.25, 0.3) is 0 Å². The van der Waals surface area contributed by atoms with Crippen molar-refractivity contribution in [3.63, 3.8) is 0 Å². The summed E-state index contributed by atoms with van der Waals surface area (Å²) in [4.78, 5) is 29.1. The number of benzene rings is 3. The highest BCUT2D eigenvalue weighted by Crippen LogP contribution is 2.21. The van der Waals surface area contributed by atoms with Crippen LogP contribution in [0.1, 0.15) is 49.7 Å². The Morgan fingerprint density at radius 3 is 2.11 bits per heavy atom. The highest BCUT2D eigenvalue weighted by molar-refractivity contribution is 5.88. The number of carbonyl (C=O) groups excluding carboxylic acids is 2. The van der Waals surface area contributed by atoms with E-state index in [1.165, 1.54) is 0 Å². The fourth-order valence-electron chi connectivity index (χ4n) is 4.93. The van der Waals surface area contributed by atoms with Crippen LogP contribution in [-0.4, -0.2) is 42.5 Å². The minimum absolute atomic E-state index is 0.0466. The Morgan fingerprint density at radius 2 is 1.47 bits per heavy atom. The number of amides is 2. The predicted molar refractivity (Wildman–Crippen MR) is 149 cm³/mol. The van der Waals surface area contributed by atoms with Crippen LogP contribution in [0.15, 0.2) is 84.9 Å². The summed E-state index contributed by atoms with van der Waals surface area (Å²) in [7, 11) is 1.63. The fraction of sp³-hybridized carbons (Fsp3) is 0.375. The van der Waals surface area contributed by atoms with Crippen molar-refractivity contribution in [2.45, 2.75) is 63.6 Å². The van der Waals surface area contributed by atoms with Gasteiger partial charge in [0.25, 0.3) is 0 Å². The summed E-state index contributed by atoms with van der Waals surface area (Å²) in [6, 6.07) is 26.8. The SMILES string of the molecule is COc1ccc(OCCCC(=O)N(Cc2ccccc2)[C@@H](Cc2ccccc2)C(=O)NC2CCCC2)cc1. The maximum absolute atomic E-state index is 13.7. The second-order valence-electron chi connectivity index (χ2n) is 9.83. The average molecular weight is 515 g/mol. The Kier molecular flexibility index (Phi) is 10.2. The number of hydrogen-bond donors (Lipinski definition) is 1. The normalized spacial score (nSPS) is 14.0. The molecule has 6 heteroatoms. The molecule has 0 aromatic heterocycles. The molecule has 0 saturated heterocycles. The van der Waals surface area contributed by atoms with Gasteiger partial charge in [0.05, 0.1) is 13.7 Å². The molecule has 0 aliphatic heterocycles. The van der Waals surface area contributed by atoms with Crippen LogP contribution >= 0.6 is 0 Å². The zero-order chi connectivity index (χ0) is 26.6. The molecular formula is C32H38N2O4. The van der Waals surface area contributed by atoms with E-state index >= 15 is 0 Å². The first-order valence-corrected chi connectivity index (χ1v) is 13.6. The Morgan fingerprint density at radius 1 is 0.868 bits per heavy atom. The molecule has 1 atom stereocenters. The van der Waals surface area contributed by atoms with Gasteiger partial charge in [0, 0.05) is 25.4 Å². The maximum Gasteiger partial charge on any atom is 0.243 e. The molecule has 1 saturated carbocycles. The summed E-state index contributed by atoms with van der Waals surface area (Å²) >= 11 is 0. The second kappa shape index (κ2) is 14.2. The van der Waals surface area contributed by atoms with Crippen LogP contribution in [0.3, 0.4) is 0 Å². The van der Waals surface area contributed by atoms with Crippen molar-refractivity contribution in [3.8, 4) is 11.5 Å². The van der Waals surface area contributed by atoms with E-state index < -0.39 is 6.04 Å². The van der Waals surface area contributed by atoms with E-state index in [0.29, 0.717) is 32.4 Å². The van der Waals surface area contributed by atoms with Crippen molar-refractivity contribution >= 4 is 11.8 Å². The fourth-order valence-corrected chi connectivity index (χ4v) is 4.93. The van der Waals surface area contributed by atoms with Crippen LogP contribution in [0.2, 0.25) is 0 Å². The van der Waals surface area contributed by atoms with Crippen LogP contribution in [-0.2, 0) is 22.6 Å². The Hall–Kier alpha value is -3.80. The Balaban J connectivity index is 1.47. The summed E-state index contributed by atoms with van der Waals surface area (Å²) in [5.41, 5.74) is 2.04. The molecule has 4 rings (SSSR count). The second-order valence-corrected chi connectivity index (χ2v) is 9.83. The first-order valence-electron chi connectivity index (χ1n) is 13.6. The molecule has 38 heavy (non-hydrogen) atoms. The molecule has 1 aliphatic rings. The van der Waals surface area contributed by atoms with Gasteiger partial charge in [-0.1, -0.05) is 73.5 Å². The van der Waals surface area contributed by atoms with Gasteiger partial charge in [-0.3, -0.25) is 9.59 Å². The van der Waals surface area contributed by atoms with Gasteiger partial charge in [0.1, 0.15) is 17.5 Å². The molecule has 3 aromatic rings. The minimum atomic E-state index is -0.590. The van der Waals surface area contributed by atoms with Crippen LogP contribution in [0.4, 0.5) is 0 Å². The van der Waals surface area contributed by atoms with E-state index in [1.54, 1.807) is 12.0 Å². The lowest BCUT2D eigenvalue weighted by molar-refractivity contribution is -0.141. The van der Waals surface area contributed by atoms with Gasteiger partial charge in [-0.2, -0.15) is 0 Å². The summed E-state index contributed by atoms with van der Waals surface area (Å²) in [5, 5.41) is 3.25. The van der Waals surface area contributed by atoms with Crippen molar-refractivity contribution in [3.05, 3.63) is 96.1 Å². The van der Waals surface area contributed by atoms with Crippen molar-refractivity contribution in [1.29, 1.82) is 0 Å². The summed E-state index contributed by atoms with van der Waals surface area (Å²) in [6.45, 7) is 0.795. The van der Waals surface area contributed by atoms with Crippen molar-refractivity contribution in [2.75, 3.05) is 13.7 Å². The van der Waals surface area contributed by atoms with E-state index in [1.807, 2.05) is 84.9 Å². The van der Waals surface area contributed by atoms with Gasteiger partial charge < -0.3 is 19.7 Å². The van der Waals surface area contributed by atoms with Crippen molar-refractivity contribution < 1.29 is 19.1 Å². The molecule has 2 amide bonds. The lowest BCUT2D eigenvalue weighted by Crippen LogP contribution is -2.52. The summed E-state index contributed by atoms with van der Waals surface area (Å²) < 4.78 is 11.0. The third-order valence-electron chi connectivity index (χ3n) is 7.03. The number of methoxy groups -OCH3 is 1. The number of hydrogen-bond acceptors (Lipinski definition) is 4. The average Bonchev–Trinajstić information content (AvgIpc) is 3.47. The predicted octanol–water partition coefficient (Wildman–Crippen LogP) is 5.55. The van der Waals surface area contributed by atoms with Gasteiger partial charge in [-0.05, 0) is 54.7 Å². The van der Waals surface area contributed by atoms with Gasteiger partial charge in [-0.15, -0.1) is 0 Å². The van der Waals surface area contributed by atoms with E-state index in [-0.39, 0.29) is 17.9 Å². The first-order chi connectivity index (χ1) is 18.6. The number of rotatable bonds is 13. The molecule has 1 aliphatic carbocycles. The van der Waals surface area contributed by atoms with Gasteiger partial charge in [0.2, 0.25) is 11.8 Å². The van der Waals surface area contributed by atoms with Crippen LogP contribution < -0.4 is 14.8 Å². The summed E-state index contributed by atoms with van der Waals surface area (Å²) in [6.07, 6.45) is 5.59. The molecule has 0 heterocycles. The molecule has 0 spiro atoms. The zero-order valence-electron chi connectivity index (χ0n) is 22.2. The van der Waals surface area contributed by atoms with Gasteiger partial charge in [-0.25, -0.2) is 0 Å². The number of ether oxygens (including phenoxy) is 2. The molecular weight excluding hydrogens is 476 g/mol. The third-order valence-corrected chi connectivity index (χ3v) is 7.03. The zero-order valence-corrected chi connectivity index (χ0v) is 22.2. The van der Waals surface area contributed by atoms with Gasteiger partial charge >= 0.3 is 0 Å². The lowest BCUT2D eigenvalue weighted by atomic mass is 10.0. The maximum atomic E-state index is 13.7. The van der Waals surface area contributed by atoms with E-state index in [0.717, 1.165) is 48.3 Å². The quantitative estimate of drug-likeness (QED) is 0.304. The highest BCUT2D eigenvalue weighted by Gasteiger charge is 2.31. The molecule has 1 N–H and O–H groups in total. The van der Waals surface area contributed by atoms with Crippen LogP contribution in [0, 0.1) is 0 Å². The Bertz CT molecular complexity index is 1130. The molecule has 1 fully saturated rings. The largest absolute Gasteiger partial charge is 0.497 e. The third kappa shape index (κ3) is 8.10. The van der Waals surface area contributed by atoms with E-state index in [2.05, 4.69) is 5.32 Å². The van der Waals surface area contributed by atoms with Crippen molar-refractivity contribution in [2.24, 2.45) is 0 Å². The topological polar surface area (TPSA) is 67.9 Å². The standard InChI is InChI=1S/C32H38N2O4/c1-37-28-18-20-29(21-19-28)38-22-10-17-31(35)34(24-26-13-6-3-7-14-26)30(23-25-11-4-2-5-12-25)32(36)33-27-15-8-9-16-27/h2-7,11-14,18-21,27,30H,8-10,15-17,22-24H2,1H3,(H,33,36)/t30-/m0/s1. The number of carbonyl (C=O) groups is 2. The molecule has 0 unspecified atom stereocenters. The Labute approximate surface area is 226 Å². The molecule has 0 bridgehead atoms. The first kappa shape index (κ1) is 27.2. The number of nitrogens with one attached hydrogen (secondary N) is 1. The molecule has 3 aromatic carbocycles. The molecule has 200 valence electrons. The van der Waals surface area contributed by atoms with Crippen molar-refractivity contribution in [1.82, 2.24) is 10.2 Å². The van der Waals surface area contributed by atoms with E-state index in [9.17, 15) is 9.59 Å². The number of nitrogens with zero attached hydrogens (tertiary/aromatic N) is 1.